The molecule has 2 aromatic rings. The maximum Gasteiger partial charge on any atom is 0.253 e. The van der Waals surface area contributed by atoms with Crippen LogP contribution < -0.4 is 14.8 Å². The average Bonchev–Trinajstić information content (AvgIpc) is 2.65. The number of ether oxygens (including phenoxy) is 2. The van der Waals surface area contributed by atoms with Gasteiger partial charge >= 0.3 is 0 Å². The van der Waals surface area contributed by atoms with Crippen LogP contribution in [0.3, 0.4) is 0 Å². The van der Waals surface area contributed by atoms with Crippen molar-refractivity contribution < 1.29 is 14.3 Å². The molecular formula is C20H26N2O3. The maximum atomic E-state index is 12.3. The van der Waals surface area contributed by atoms with E-state index in [1.54, 1.807) is 24.5 Å². The van der Waals surface area contributed by atoms with E-state index >= 15 is 0 Å². The summed E-state index contributed by atoms with van der Waals surface area (Å²) in [5, 5.41) is 2.98. The molecule has 1 atom stereocenters. The summed E-state index contributed by atoms with van der Waals surface area (Å²) in [7, 11) is 0. The number of aromatic nitrogens is 1. The number of hydrogen-bond acceptors (Lipinski definition) is 4. The number of benzene rings is 1. The lowest BCUT2D eigenvalue weighted by molar-refractivity contribution is 0.0939. The van der Waals surface area contributed by atoms with E-state index < -0.39 is 0 Å². The Morgan fingerprint density at radius 3 is 2.48 bits per heavy atom. The van der Waals surface area contributed by atoms with Crippen molar-refractivity contribution in [1.82, 2.24) is 10.3 Å². The highest BCUT2D eigenvalue weighted by Gasteiger charge is 2.14. The molecule has 1 aromatic heterocycles. The Morgan fingerprint density at radius 2 is 1.84 bits per heavy atom. The van der Waals surface area contributed by atoms with Gasteiger partial charge in [0.1, 0.15) is 0 Å². The molecule has 1 amide bonds. The zero-order valence-corrected chi connectivity index (χ0v) is 15.1. The van der Waals surface area contributed by atoms with Crippen LogP contribution in [0.25, 0.3) is 0 Å². The van der Waals surface area contributed by atoms with Gasteiger partial charge in [-0.05, 0) is 49.6 Å². The highest BCUT2D eigenvalue weighted by molar-refractivity contribution is 5.94. The number of nitrogens with one attached hydrogen (secondary N) is 1. The highest BCUT2D eigenvalue weighted by atomic mass is 16.5. The Labute approximate surface area is 149 Å². The van der Waals surface area contributed by atoms with Crippen LogP contribution in [-0.2, 0) is 0 Å². The molecule has 0 radical (unpaired) electrons. The van der Waals surface area contributed by atoms with Gasteiger partial charge in [-0.3, -0.25) is 9.78 Å². The van der Waals surface area contributed by atoms with Crippen LogP contribution >= 0.6 is 0 Å². The summed E-state index contributed by atoms with van der Waals surface area (Å²) in [6, 6.07) is 9.13. The van der Waals surface area contributed by atoms with E-state index in [4.69, 9.17) is 9.47 Å². The molecule has 0 fully saturated rings. The molecule has 1 N–H and O–H groups in total. The van der Waals surface area contributed by atoms with Crippen molar-refractivity contribution in [3.05, 3.63) is 53.9 Å². The van der Waals surface area contributed by atoms with Crippen molar-refractivity contribution in [3.63, 3.8) is 0 Å². The van der Waals surface area contributed by atoms with Gasteiger partial charge in [-0.25, -0.2) is 0 Å². The van der Waals surface area contributed by atoms with Crippen LogP contribution in [0, 0.1) is 0 Å². The van der Waals surface area contributed by atoms with Gasteiger partial charge in [-0.15, -0.1) is 0 Å². The number of rotatable bonds is 9. The Balaban J connectivity index is 2.12. The predicted octanol–water partition coefficient (Wildman–Crippen LogP) is 4.15. The fourth-order valence-electron chi connectivity index (χ4n) is 2.31. The number of pyridine rings is 1. The lowest BCUT2D eigenvalue weighted by Crippen LogP contribution is -2.26. The molecule has 0 saturated carbocycles. The number of amides is 1. The molecule has 1 heterocycles. The zero-order valence-electron chi connectivity index (χ0n) is 15.1. The molecule has 0 aliphatic heterocycles. The van der Waals surface area contributed by atoms with Crippen LogP contribution in [-0.4, -0.2) is 24.1 Å². The molecule has 1 unspecified atom stereocenters. The number of carbonyl (C=O) groups is 1. The Hall–Kier alpha value is -2.56. The van der Waals surface area contributed by atoms with Crippen LogP contribution in [0.15, 0.2) is 42.7 Å². The maximum absolute atomic E-state index is 12.3. The zero-order chi connectivity index (χ0) is 18.1. The van der Waals surface area contributed by atoms with Crippen molar-refractivity contribution in [2.45, 2.75) is 39.7 Å². The van der Waals surface area contributed by atoms with Gasteiger partial charge in [0.2, 0.25) is 0 Å². The Bertz CT molecular complexity index is 674. The monoisotopic (exact) mass is 342 g/mol. The summed E-state index contributed by atoms with van der Waals surface area (Å²) < 4.78 is 11.6. The van der Waals surface area contributed by atoms with Gasteiger partial charge in [0.25, 0.3) is 5.91 Å². The minimum atomic E-state index is -0.156. The first kappa shape index (κ1) is 18.8. The first-order valence-electron chi connectivity index (χ1n) is 8.76. The van der Waals surface area contributed by atoms with Crippen molar-refractivity contribution >= 4 is 5.91 Å². The molecule has 1 aromatic carbocycles. The second kappa shape index (κ2) is 9.67. The molecule has 0 aliphatic carbocycles. The van der Waals surface area contributed by atoms with Crippen LogP contribution in [0.5, 0.6) is 11.5 Å². The quantitative estimate of drug-likeness (QED) is 0.744. The SMILES string of the molecule is CCCOc1ccc(C(C)NC(=O)c2cccnc2)cc1OCCC. The number of hydrogen-bond donors (Lipinski definition) is 1. The molecule has 2 rings (SSSR count). The predicted molar refractivity (Wildman–Crippen MR) is 98.1 cm³/mol. The molecule has 5 heteroatoms. The fraction of sp³-hybridized carbons (Fsp3) is 0.400. The van der Waals surface area contributed by atoms with E-state index in [-0.39, 0.29) is 11.9 Å². The molecule has 0 spiro atoms. The number of nitrogens with zero attached hydrogens (tertiary/aromatic N) is 1. The molecule has 0 aliphatic rings. The minimum Gasteiger partial charge on any atom is -0.490 e. The van der Waals surface area contributed by atoms with E-state index in [1.165, 1.54) is 0 Å². The Kier molecular flexibility index (Phi) is 7.26. The molecule has 25 heavy (non-hydrogen) atoms. The van der Waals surface area contributed by atoms with Gasteiger partial charge in [0, 0.05) is 12.4 Å². The van der Waals surface area contributed by atoms with Crippen molar-refractivity contribution in [2.24, 2.45) is 0 Å². The largest absolute Gasteiger partial charge is 0.490 e. The lowest BCUT2D eigenvalue weighted by Gasteiger charge is -2.18. The van der Waals surface area contributed by atoms with Gasteiger partial charge in [-0.1, -0.05) is 19.9 Å². The average molecular weight is 342 g/mol. The lowest BCUT2D eigenvalue weighted by atomic mass is 10.1. The topological polar surface area (TPSA) is 60.5 Å². The van der Waals surface area contributed by atoms with Crippen molar-refractivity contribution in [3.8, 4) is 11.5 Å². The third-order valence-electron chi connectivity index (χ3n) is 3.66. The first-order chi connectivity index (χ1) is 12.2. The van der Waals surface area contributed by atoms with Gasteiger partial charge in [0.05, 0.1) is 24.8 Å². The van der Waals surface area contributed by atoms with Crippen molar-refractivity contribution in [1.29, 1.82) is 0 Å². The van der Waals surface area contributed by atoms with E-state index in [2.05, 4.69) is 24.1 Å². The summed E-state index contributed by atoms with van der Waals surface area (Å²) in [5.74, 6) is 1.31. The normalized spacial score (nSPS) is 11.6. The third-order valence-corrected chi connectivity index (χ3v) is 3.66. The third kappa shape index (κ3) is 5.48. The molecular weight excluding hydrogens is 316 g/mol. The second-order valence-electron chi connectivity index (χ2n) is 5.84. The molecule has 5 nitrogen and oxygen atoms in total. The van der Waals surface area contributed by atoms with Crippen LogP contribution in [0.1, 0.15) is 55.6 Å². The first-order valence-corrected chi connectivity index (χ1v) is 8.76. The van der Waals surface area contributed by atoms with Crippen LogP contribution in [0.2, 0.25) is 0 Å². The van der Waals surface area contributed by atoms with Gasteiger partial charge in [0.15, 0.2) is 11.5 Å². The second-order valence-corrected chi connectivity index (χ2v) is 5.84. The molecule has 0 bridgehead atoms. The van der Waals surface area contributed by atoms with E-state index in [1.807, 2.05) is 25.1 Å². The van der Waals surface area contributed by atoms with E-state index in [0.717, 1.165) is 29.9 Å². The van der Waals surface area contributed by atoms with Crippen LogP contribution in [0.4, 0.5) is 0 Å². The minimum absolute atomic E-state index is 0.150. The van der Waals surface area contributed by atoms with E-state index in [9.17, 15) is 4.79 Å². The summed E-state index contributed by atoms with van der Waals surface area (Å²) in [5.41, 5.74) is 1.51. The summed E-state index contributed by atoms with van der Waals surface area (Å²) in [6.45, 7) is 7.35. The summed E-state index contributed by atoms with van der Waals surface area (Å²) in [4.78, 5) is 16.3. The standard InChI is InChI=1S/C20H26N2O3/c1-4-11-24-18-9-8-16(13-19(18)25-12-5-2)15(3)22-20(23)17-7-6-10-21-14-17/h6-10,13-15H,4-5,11-12H2,1-3H3,(H,22,23). The smallest absolute Gasteiger partial charge is 0.253 e. The summed E-state index contributed by atoms with van der Waals surface area (Å²) in [6.07, 6.45) is 5.06. The summed E-state index contributed by atoms with van der Waals surface area (Å²) >= 11 is 0. The molecule has 0 saturated heterocycles. The number of carbonyl (C=O) groups excluding carboxylic acids is 1. The Morgan fingerprint density at radius 1 is 1.12 bits per heavy atom. The molecule has 134 valence electrons. The van der Waals surface area contributed by atoms with E-state index in [0.29, 0.717) is 18.8 Å². The van der Waals surface area contributed by atoms with Gasteiger partial charge < -0.3 is 14.8 Å². The fourth-order valence-corrected chi connectivity index (χ4v) is 2.31. The van der Waals surface area contributed by atoms with Crippen molar-refractivity contribution in [2.75, 3.05) is 13.2 Å². The van der Waals surface area contributed by atoms with Gasteiger partial charge in [-0.2, -0.15) is 0 Å². The highest BCUT2D eigenvalue weighted by Crippen LogP contribution is 2.31.